The Bertz CT molecular complexity index is 2610. The molecule has 0 N–H and O–H groups in total. The van der Waals surface area contributed by atoms with Crippen LogP contribution in [0.3, 0.4) is 0 Å². The summed E-state index contributed by atoms with van der Waals surface area (Å²) in [6.07, 6.45) is 8.70. The van der Waals surface area contributed by atoms with Gasteiger partial charge in [0, 0.05) is 34.1 Å². The summed E-state index contributed by atoms with van der Waals surface area (Å²) in [6.45, 7) is 0. The number of hydrogen-bond acceptors (Lipinski definition) is 2. The maximum absolute atomic E-state index is 2.31. The van der Waals surface area contributed by atoms with Gasteiger partial charge in [-0.3, -0.25) is 0 Å². The Kier molecular flexibility index (Phi) is 11.4. The molecule has 9 aromatic carbocycles. The molecule has 0 saturated carbocycles. The molecule has 0 saturated heterocycles. The Labute approximate surface area is 353 Å². The average Bonchev–Trinajstić information content (AvgIpc) is 3.33. The molecule has 0 aliphatic carbocycles. The lowest BCUT2D eigenvalue weighted by Gasteiger charge is -2.26. The summed E-state index contributed by atoms with van der Waals surface area (Å²) in [7, 11) is 0. The lowest BCUT2D eigenvalue weighted by atomic mass is 10.0. The monoisotopic (exact) mass is 768 g/mol. The molecule has 0 atom stereocenters. The smallest absolute Gasteiger partial charge is 0.0467 e. The van der Waals surface area contributed by atoms with Crippen molar-refractivity contribution in [3.8, 4) is 22.3 Å². The first-order valence-corrected chi connectivity index (χ1v) is 20.4. The van der Waals surface area contributed by atoms with E-state index in [1.54, 1.807) is 0 Å². The van der Waals surface area contributed by atoms with E-state index in [1.165, 1.54) is 22.3 Å². The van der Waals surface area contributed by atoms with Crippen molar-refractivity contribution < 1.29 is 0 Å². The van der Waals surface area contributed by atoms with Crippen LogP contribution < -0.4 is 9.80 Å². The van der Waals surface area contributed by atoms with Crippen molar-refractivity contribution in [1.82, 2.24) is 0 Å². The summed E-state index contributed by atoms with van der Waals surface area (Å²) in [6, 6.07) is 85.9. The molecule has 2 heteroatoms. The van der Waals surface area contributed by atoms with Gasteiger partial charge in [0.15, 0.2) is 0 Å². The molecule has 0 amide bonds. The first-order valence-electron chi connectivity index (χ1n) is 20.4. The molecule has 9 rings (SSSR count). The van der Waals surface area contributed by atoms with Gasteiger partial charge in [0.05, 0.1) is 0 Å². The van der Waals surface area contributed by atoms with E-state index in [4.69, 9.17) is 0 Å². The summed E-state index contributed by atoms with van der Waals surface area (Å²) in [5.41, 5.74) is 16.1. The zero-order valence-electron chi connectivity index (χ0n) is 33.3. The fraction of sp³-hybridized carbons (Fsp3) is 0. The summed E-state index contributed by atoms with van der Waals surface area (Å²) < 4.78 is 0. The van der Waals surface area contributed by atoms with E-state index in [9.17, 15) is 0 Å². The number of benzene rings is 9. The minimum Gasteiger partial charge on any atom is -0.310 e. The normalized spacial score (nSPS) is 11.2. The van der Waals surface area contributed by atoms with Gasteiger partial charge in [0.1, 0.15) is 0 Å². The highest BCUT2D eigenvalue weighted by molar-refractivity contribution is 5.83. The number of nitrogens with zero attached hydrogens (tertiary/aromatic N) is 2. The van der Waals surface area contributed by atoms with E-state index in [2.05, 4.69) is 277 Å². The quantitative estimate of drug-likeness (QED) is 0.114. The van der Waals surface area contributed by atoms with E-state index in [0.29, 0.717) is 0 Å². The van der Waals surface area contributed by atoms with E-state index >= 15 is 0 Å². The molecular weight excluding hydrogens is 725 g/mol. The second-order valence-electron chi connectivity index (χ2n) is 14.7. The van der Waals surface area contributed by atoms with Crippen LogP contribution in [0.25, 0.3) is 46.6 Å². The fourth-order valence-electron chi connectivity index (χ4n) is 7.53. The Hall–Kier alpha value is -7.94. The van der Waals surface area contributed by atoms with Crippen molar-refractivity contribution in [3.05, 3.63) is 265 Å². The molecule has 2 nitrogen and oxygen atoms in total. The second-order valence-corrected chi connectivity index (χ2v) is 14.7. The van der Waals surface area contributed by atoms with Crippen molar-refractivity contribution in [2.45, 2.75) is 0 Å². The Morgan fingerprint density at radius 3 is 0.783 bits per heavy atom. The zero-order chi connectivity index (χ0) is 40.4. The lowest BCUT2D eigenvalue weighted by molar-refractivity contribution is 1.28. The number of anilines is 6. The highest BCUT2D eigenvalue weighted by Crippen LogP contribution is 2.38. The van der Waals surface area contributed by atoms with Crippen LogP contribution in [-0.2, 0) is 0 Å². The molecule has 0 aromatic heterocycles. The van der Waals surface area contributed by atoms with E-state index in [-0.39, 0.29) is 0 Å². The minimum absolute atomic E-state index is 1.11. The Morgan fingerprint density at radius 1 is 0.200 bits per heavy atom. The lowest BCUT2D eigenvalue weighted by Crippen LogP contribution is -2.09. The molecule has 0 bridgehead atoms. The Morgan fingerprint density at radius 2 is 0.450 bits per heavy atom. The van der Waals surface area contributed by atoms with Gasteiger partial charge in [-0.2, -0.15) is 0 Å². The van der Waals surface area contributed by atoms with Crippen LogP contribution >= 0.6 is 0 Å². The average molecular weight is 769 g/mol. The standard InChI is InChI=1S/C58H44N2/c1-5-15-49(16-6-1)51-19-13-25-57(43-51)59(53-21-9-3-10-22-53)55-39-35-47(36-40-55)33-31-45-27-29-46(30-28-45)32-34-48-37-41-56(42-38-48)60(54-23-11-4-12-24-54)58-26-14-20-52(44-58)50-17-7-2-8-18-50/h1-44H. The fourth-order valence-corrected chi connectivity index (χ4v) is 7.53. The maximum atomic E-state index is 2.31. The largest absolute Gasteiger partial charge is 0.310 e. The van der Waals surface area contributed by atoms with Crippen molar-refractivity contribution in [1.29, 1.82) is 0 Å². The summed E-state index contributed by atoms with van der Waals surface area (Å²) >= 11 is 0. The van der Waals surface area contributed by atoms with Gasteiger partial charge in [-0.25, -0.2) is 0 Å². The molecule has 0 aliphatic heterocycles. The van der Waals surface area contributed by atoms with Gasteiger partial charge in [0.2, 0.25) is 0 Å². The van der Waals surface area contributed by atoms with Crippen molar-refractivity contribution >= 4 is 58.4 Å². The van der Waals surface area contributed by atoms with E-state index in [1.807, 2.05) is 0 Å². The van der Waals surface area contributed by atoms with E-state index in [0.717, 1.165) is 56.4 Å². The summed E-state index contributed by atoms with van der Waals surface area (Å²) in [5.74, 6) is 0. The topological polar surface area (TPSA) is 6.48 Å². The first kappa shape index (κ1) is 37.6. The molecule has 0 fully saturated rings. The third-order valence-electron chi connectivity index (χ3n) is 10.6. The molecule has 286 valence electrons. The zero-order valence-corrected chi connectivity index (χ0v) is 33.3. The van der Waals surface area contributed by atoms with Crippen LogP contribution in [0.5, 0.6) is 0 Å². The first-order chi connectivity index (χ1) is 29.7. The van der Waals surface area contributed by atoms with Crippen molar-refractivity contribution in [3.63, 3.8) is 0 Å². The summed E-state index contributed by atoms with van der Waals surface area (Å²) in [4.78, 5) is 4.62. The molecule has 0 spiro atoms. The van der Waals surface area contributed by atoms with Gasteiger partial charge in [0.25, 0.3) is 0 Å². The predicted octanol–water partition coefficient (Wildman–Crippen LogP) is 16.3. The van der Waals surface area contributed by atoms with Crippen LogP contribution in [0, 0.1) is 0 Å². The molecular formula is C58H44N2. The maximum Gasteiger partial charge on any atom is 0.0467 e. The van der Waals surface area contributed by atoms with Crippen molar-refractivity contribution in [2.24, 2.45) is 0 Å². The van der Waals surface area contributed by atoms with Gasteiger partial charge < -0.3 is 9.80 Å². The van der Waals surface area contributed by atoms with Crippen LogP contribution in [-0.4, -0.2) is 0 Å². The molecule has 9 aromatic rings. The molecule has 0 radical (unpaired) electrons. The molecule has 0 unspecified atom stereocenters. The second kappa shape index (κ2) is 18.1. The summed E-state index contributed by atoms with van der Waals surface area (Å²) in [5, 5.41) is 0. The predicted molar refractivity (Wildman–Crippen MR) is 257 cm³/mol. The van der Waals surface area contributed by atoms with Gasteiger partial charge in [-0.1, -0.05) is 194 Å². The number of para-hydroxylation sites is 2. The van der Waals surface area contributed by atoms with E-state index < -0.39 is 0 Å². The van der Waals surface area contributed by atoms with Gasteiger partial charge in [-0.05, 0) is 117 Å². The highest BCUT2D eigenvalue weighted by Gasteiger charge is 2.15. The highest BCUT2D eigenvalue weighted by atomic mass is 15.1. The number of rotatable bonds is 12. The molecule has 0 aliphatic rings. The Balaban J connectivity index is 0.880. The van der Waals surface area contributed by atoms with Crippen LogP contribution in [0.4, 0.5) is 34.1 Å². The SMILES string of the molecule is C(=Cc1ccc(N(c2ccccc2)c2cccc(-c3ccccc3)c2)cc1)c1ccc(C=Cc2ccc(N(c3ccccc3)c3cccc(-c4ccccc4)c3)cc2)cc1. The van der Waals surface area contributed by atoms with Crippen LogP contribution in [0.15, 0.2) is 243 Å². The molecule has 60 heavy (non-hydrogen) atoms. The van der Waals surface area contributed by atoms with Crippen LogP contribution in [0.2, 0.25) is 0 Å². The van der Waals surface area contributed by atoms with Gasteiger partial charge >= 0.3 is 0 Å². The third kappa shape index (κ3) is 8.95. The third-order valence-corrected chi connectivity index (χ3v) is 10.6. The van der Waals surface area contributed by atoms with Gasteiger partial charge in [-0.15, -0.1) is 0 Å². The van der Waals surface area contributed by atoms with Crippen molar-refractivity contribution in [2.75, 3.05) is 9.80 Å². The number of hydrogen-bond donors (Lipinski definition) is 0. The molecule has 0 heterocycles. The van der Waals surface area contributed by atoms with Crippen LogP contribution in [0.1, 0.15) is 22.3 Å². The minimum atomic E-state index is 1.11.